The molecule has 1 rings (SSSR count). The number of ether oxygens (including phenoxy) is 1. The third kappa shape index (κ3) is 3.22. The van der Waals surface area contributed by atoms with E-state index in [1.165, 1.54) is 7.11 Å². The third-order valence-electron chi connectivity index (χ3n) is 2.77. The van der Waals surface area contributed by atoms with Crippen molar-refractivity contribution in [3.8, 4) is 0 Å². The highest BCUT2D eigenvalue weighted by Gasteiger charge is 2.18. The molecule has 16 heavy (non-hydrogen) atoms. The van der Waals surface area contributed by atoms with E-state index < -0.39 is 6.09 Å². The average molecular weight is 222 g/mol. The highest BCUT2D eigenvalue weighted by atomic mass is 16.5. The minimum Gasteiger partial charge on any atom is -0.452 e. The fourth-order valence-corrected chi connectivity index (χ4v) is 1.58. The molecule has 0 aromatic carbocycles. The van der Waals surface area contributed by atoms with Gasteiger partial charge < -0.3 is 4.74 Å². The number of nitrogens with one attached hydrogen (secondary N) is 1. The van der Waals surface area contributed by atoms with Crippen LogP contribution in [0, 0.1) is 5.92 Å². The van der Waals surface area contributed by atoms with E-state index in [4.69, 9.17) is 0 Å². The molecule has 1 N–H and O–H groups in total. The van der Waals surface area contributed by atoms with Crippen LogP contribution < -0.4 is 5.43 Å². The van der Waals surface area contributed by atoms with E-state index in [0.29, 0.717) is 5.92 Å². The van der Waals surface area contributed by atoms with Gasteiger partial charge in [-0.05, 0) is 38.2 Å². The van der Waals surface area contributed by atoms with E-state index in [0.717, 1.165) is 29.7 Å². The van der Waals surface area contributed by atoms with Crippen LogP contribution in [0.25, 0.3) is 0 Å². The van der Waals surface area contributed by atoms with Crippen LogP contribution in [0.4, 0.5) is 4.79 Å². The molecule has 0 saturated heterocycles. The van der Waals surface area contributed by atoms with E-state index in [2.05, 4.69) is 27.9 Å². The zero-order valence-electron chi connectivity index (χ0n) is 10.0. The minimum absolute atomic E-state index is 0.418. The minimum atomic E-state index is -0.544. The number of carbonyl (C=O) groups excluding carboxylic acids is 1. The Morgan fingerprint density at radius 1 is 1.69 bits per heavy atom. The van der Waals surface area contributed by atoms with Gasteiger partial charge in [0.25, 0.3) is 0 Å². The molecule has 0 bridgehead atoms. The largest absolute Gasteiger partial charge is 0.452 e. The second kappa shape index (κ2) is 5.49. The quantitative estimate of drug-likeness (QED) is 0.576. The predicted octanol–water partition coefficient (Wildman–Crippen LogP) is 2.63. The first-order valence-electron chi connectivity index (χ1n) is 5.27. The summed E-state index contributed by atoms with van der Waals surface area (Å²) in [6.07, 6.45) is 3.40. The monoisotopic (exact) mass is 222 g/mol. The Morgan fingerprint density at radius 3 is 2.94 bits per heavy atom. The molecule has 0 fully saturated rings. The molecule has 1 aliphatic rings. The van der Waals surface area contributed by atoms with Crippen molar-refractivity contribution in [2.45, 2.75) is 26.7 Å². The van der Waals surface area contributed by atoms with Gasteiger partial charge >= 0.3 is 6.09 Å². The van der Waals surface area contributed by atoms with Gasteiger partial charge in [0, 0.05) is 0 Å². The number of hydrogen-bond donors (Lipinski definition) is 1. The van der Waals surface area contributed by atoms with Gasteiger partial charge in [-0.15, -0.1) is 0 Å². The molecular formula is C12H18N2O2. The van der Waals surface area contributed by atoms with Crippen molar-refractivity contribution in [2.75, 3.05) is 7.11 Å². The van der Waals surface area contributed by atoms with Crippen LogP contribution in [0.15, 0.2) is 28.9 Å². The Morgan fingerprint density at radius 2 is 2.38 bits per heavy atom. The Bertz CT molecular complexity index is 356. The molecule has 4 nitrogen and oxygen atoms in total. The van der Waals surface area contributed by atoms with Gasteiger partial charge in [-0.25, -0.2) is 10.2 Å². The molecule has 0 aromatic rings. The smallest absolute Gasteiger partial charge is 0.427 e. The summed E-state index contributed by atoms with van der Waals surface area (Å²) in [5.41, 5.74) is 5.49. The van der Waals surface area contributed by atoms with E-state index in [1.54, 1.807) is 0 Å². The number of rotatable bonds is 2. The van der Waals surface area contributed by atoms with Gasteiger partial charge in [-0.1, -0.05) is 18.2 Å². The van der Waals surface area contributed by atoms with Gasteiger partial charge in [0.05, 0.1) is 12.8 Å². The maximum atomic E-state index is 10.9. The number of amides is 1. The predicted molar refractivity (Wildman–Crippen MR) is 64.3 cm³/mol. The van der Waals surface area contributed by atoms with Crippen LogP contribution in [-0.2, 0) is 4.74 Å². The van der Waals surface area contributed by atoms with Crippen molar-refractivity contribution in [3.05, 3.63) is 23.8 Å². The van der Waals surface area contributed by atoms with E-state index >= 15 is 0 Å². The second-order valence-corrected chi connectivity index (χ2v) is 4.03. The molecule has 0 aliphatic heterocycles. The standard InChI is InChI=1S/C12H18N2O2/c1-8(2)10-6-5-9(3)11(7-10)13-14-12(15)16-4/h5,10H,1,6-7H2,2-4H3,(H,14,15)/t10-/m1/s1. The van der Waals surface area contributed by atoms with Gasteiger partial charge in [-0.2, -0.15) is 5.10 Å². The van der Waals surface area contributed by atoms with Gasteiger partial charge in [0.15, 0.2) is 0 Å². The van der Waals surface area contributed by atoms with E-state index in [9.17, 15) is 4.79 Å². The number of hydrogen-bond acceptors (Lipinski definition) is 3. The molecule has 1 atom stereocenters. The fourth-order valence-electron chi connectivity index (χ4n) is 1.58. The number of hydrazone groups is 1. The molecule has 88 valence electrons. The van der Waals surface area contributed by atoms with Gasteiger partial charge in [-0.3, -0.25) is 0 Å². The molecule has 1 aliphatic carbocycles. The fraction of sp³-hybridized carbons (Fsp3) is 0.500. The van der Waals surface area contributed by atoms with Crippen LogP contribution in [0.1, 0.15) is 26.7 Å². The molecule has 0 radical (unpaired) electrons. The summed E-state index contributed by atoms with van der Waals surface area (Å²) < 4.78 is 4.46. The Labute approximate surface area is 96.1 Å². The third-order valence-corrected chi connectivity index (χ3v) is 2.77. The Balaban J connectivity index is 2.71. The average Bonchev–Trinajstić information content (AvgIpc) is 2.27. The maximum absolute atomic E-state index is 10.9. The number of methoxy groups -OCH3 is 1. The highest BCUT2D eigenvalue weighted by Crippen LogP contribution is 2.26. The van der Waals surface area contributed by atoms with Gasteiger partial charge in [0.2, 0.25) is 0 Å². The van der Waals surface area contributed by atoms with Crippen LogP contribution in [0.5, 0.6) is 0 Å². The number of allylic oxidation sites excluding steroid dienone is 3. The van der Waals surface area contributed by atoms with Crippen LogP contribution in [0.2, 0.25) is 0 Å². The summed E-state index contributed by atoms with van der Waals surface area (Å²) >= 11 is 0. The van der Waals surface area contributed by atoms with Crippen molar-refractivity contribution >= 4 is 11.8 Å². The van der Waals surface area contributed by atoms with Crippen molar-refractivity contribution in [1.82, 2.24) is 5.43 Å². The molecule has 0 unspecified atom stereocenters. The van der Waals surface area contributed by atoms with Crippen molar-refractivity contribution < 1.29 is 9.53 Å². The Kier molecular flexibility index (Phi) is 4.28. The summed E-state index contributed by atoms with van der Waals surface area (Å²) in [5, 5.41) is 4.05. The highest BCUT2D eigenvalue weighted by molar-refractivity contribution is 6.01. The molecule has 1 amide bonds. The first kappa shape index (κ1) is 12.5. The van der Waals surface area contributed by atoms with Crippen LogP contribution in [-0.4, -0.2) is 18.9 Å². The summed E-state index contributed by atoms with van der Waals surface area (Å²) in [4.78, 5) is 10.9. The summed E-state index contributed by atoms with van der Waals surface area (Å²) in [6, 6.07) is 0. The zero-order chi connectivity index (χ0) is 12.1. The molecule has 4 heteroatoms. The van der Waals surface area contributed by atoms with Gasteiger partial charge in [0.1, 0.15) is 0 Å². The zero-order valence-corrected chi connectivity index (χ0v) is 10.0. The van der Waals surface area contributed by atoms with E-state index in [1.807, 2.05) is 13.8 Å². The lowest BCUT2D eigenvalue weighted by Crippen LogP contribution is -2.22. The summed E-state index contributed by atoms with van der Waals surface area (Å²) in [5.74, 6) is 0.418. The molecule has 0 aromatic heterocycles. The van der Waals surface area contributed by atoms with Crippen molar-refractivity contribution in [2.24, 2.45) is 11.0 Å². The number of nitrogens with zero attached hydrogens (tertiary/aromatic N) is 1. The summed E-state index contributed by atoms with van der Waals surface area (Å²) in [7, 11) is 1.32. The van der Waals surface area contributed by atoms with Crippen molar-refractivity contribution in [3.63, 3.8) is 0 Å². The SMILES string of the molecule is C=C(C)[C@@H]1CC=C(C)C(=NNC(=O)OC)C1. The first-order chi connectivity index (χ1) is 7.54. The summed E-state index contributed by atoms with van der Waals surface area (Å²) in [6.45, 7) is 7.96. The lowest BCUT2D eigenvalue weighted by molar-refractivity contribution is 0.171. The second-order valence-electron chi connectivity index (χ2n) is 4.03. The molecule has 0 saturated carbocycles. The van der Waals surface area contributed by atoms with E-state index in [-0.39, 0.29) is 0 Å². The Hall–Kier alpha value is -1.58. The molecule has 0 heterocycles. The lowest BCUT2D eigenvalue weighted by atomic mass is 9.85. The topological polar surface area (TPSA) is 50.7 Å². The maximum Gasteiger partial charge on any atom is 0.427 e. The molecular weight excluding hydrogens is 204 g/mol. The lowest BCUT2D eigenvalue weighted by Gasteiger charge is -2.22. The normalized spacial score (nSPS) is 22.6. The first-order valence-corrected chi connectivity index (χ1v) is 5.27. The molecule has 0 spiro atoms. The van der Waals surface area contributed by atoms with Crippen LogP contribution >= 0.6 is 0 Å². The number of carbonyl (C=O) groups is 1. The van der Waals surface area contributed by atoms with Crippen LogP contribution in [0.3, 0.4) is 0 Å². The van der Waals surface area contributed by atoms with Crippen molar-refractivity contribution in [1.29, 1.82) is 0 Å².